The van der Waals surface area contributed by atoms with Crippen LogP contribution in [-0.4, -0.2) is 38.0 Å². The molecule has 0 heterocycles. The Hall–Kier alpha value is -1.50. The minimum atomic E-state index is 0.143. The SMILES string of the molecule is CCOc1cc(CNCCNCCO)cc(Cl)c1OCc1cccc(Cl)c1. The number of nitrogens with one attached hydrogen (secondary N) is 2. The van der Waals surface area contributed by atoms with Gasteiger partial charge in [-0.25, -0.2) is 0 Å². The number of hydrogen-bond donors (Lipinski definition) is 3. The van der Waals surface area contributed by atoms with Gasteiger partial charge in [0.05, 0.1) is 18.2 Å². The molecule has 0 radical (unpaired) electrons. The van der Waals surface area contributed by atoms with Crippen molar-refractivity contribution in [1.82, 2.24) is 10.6 Å². The van der Waals surface area contributed by atoms with E-state index in [2.05, 4.69) is 10.6 Å². The largest absolute Gasteiger partial charge is 0.490 e. The average Bonchev–Trinajstić information content (AvgIpc) is 2.64. The Balaban J connectivity index is 1.99. The molecule has 0 bridgehead atoms. The first kappa shape index (κ1) is 21.8. The van der Waals surface area contributed by atoms with Crippen LogP contribution in [0.4, 0.5) is 0 Å². The van der Waals surface area contributed by atoms with Gasteiger partial charge in [-0.1, -0.05) is 35.3 Å². The van der Waals surface area contributed by atoms with Crippen molar-refractivity contribution in [3.8, 4) is 11.5 Å². The lowest BCUT2D eigenvalue weighted by Crippen LogP contribution is -2.28. The lowest BCUT2D eigenvalue weighted by molar-refractivity contribution is 0.269. The van der Waals surface area contributed by atoms with Gasteiger partial charge in [0.2, 0.25) is 0 Å². The summed E-state index contributed by atoms with van der Waals surface area (Å²) in [5, 5.41) is 16.4. The van der Waals surface area contributed by atoms with Gasteiger partial charge >= 0.3 is 0 Å². The zero-order chi connectivity index (χ0) is 19.5. The molecule has 0 aliphatic heterocycles. The molecule has 2 aromatic carbocycles. The van der Waals surface area contributed by atoms with Gasteiger partial charge in [0.25, 0.3) is 0 Å². The quantitative estimate of drug-likeness (QED) is 0.464. The van der Waals surface area contributed by atoms with Crippen LogP contribution < -0.4 is 20.1 Å². The molecule has 5 nitrogen and oxygen atoms in total. The van der Waals surface area contributed by atoms with E-state index in [-0.39, 0.29) is 6.61 Å². The second-order valence-electron chi connectivity index (χ2n) is 5.91. The lowest BCUT2D eigenvalue weighted by atomic mass is 10.2. The zero-order valence-electron chi connectivity index (χ0n) is 15.4. The molecule has 0 spiro atoms. The molecule has 27 heavy (non-hydrogen) atoms. The van der Waals surface area contributed by atoms with Crippen LogP contribution >= 0.6 is 23.2 Å². The highest BCUT2D eigenvalue weighted by molar-refractivity contribution is 6.32. The Morgan fingerprint density at radius 2 is 1.78 bits per heavy atom. The molecular formula is C20H26Cl2N2O3. The van der Waals surface area contributed by atoms with E-state index in [0.29, 0.717) is 47.8 Å². The molecule has 0 unspecified atom stereocenters. The van der Waals surface area contributed by atoms with Crippen LogP contribution in [0, 0.1) is 0 Å². The van der Waals surface area contributed by atoms with Crippen LogP contribution in [0.1, 0.15) is 18.1 Å². The molecule has 0 aliphatic rings. The number of aliphatic hydroxyl groups excluding tert-OH is 1. The van der Waals surface area contributed by atoms with Gasteiger partial charge in [0.15, 0.2) is 11.5 Å². The molecule has 0 fully saturated rings. The fourth-order valence-electron chi connectivity index (χ4n) is 2.52. The minimum Gasteiger partial charge on any atom is -0.490 e. The molecule has 0 saturated heterocycles. The first-order valence-corrected chi connectivity index (χ1v) is 9.74. The average molecular weight is 413 g/mol. The summed E-state index contributed by atoms with van der Waals surface area (Å²) in [4.78, 5) is 0. The summed E-state index contributed by atoms with van der Waals surface area (Å²) >= 11 is 12.5. The van der Waals surface area contributed by atoms with Crippen LogP contribution in [0.2, 0.25) is 10.0 Å². The van der Waals surface area contributed by atoms with E-state index in [1.807, 2.05) is 43.3 Å². The third kappa shape index (κ3) is 7.56. The van der Waals surface area contributed by atoms with Crippen molar-refractivity contribution in [2.24, 2.45) is 0 Å². The first-order chi connectivity index (χ1) is 13.1. The number of halogens is 2. The van der Waals surface area contributed by atoms with Crippen molar-refractivity contribution in [1.29, 1.82) is 0 Å². The molecule has 0 aliphatic carbocycles. The van der Waals surface area contributed by atoms with Gasteiger partial charge in [0, 0.05) is 31.2 Å². The van der Waals surface area contributed by atoms with Crippen molar-refractivity contribution in [3.63, 3.8) is 0 Å². The molecule has 2 aromatic rings. The van der Waals surface area contributed by atoms with Gasteiger partial charge in [-0.15, -0.1) is 0 Å². The van der Waals surface area contributed by atoms with Crippen LogP contribution in [0.15, 0.2) is 36.4 Å². The normalized spacial score (nSPS) is 10.8. The minimum absolute atomic E-state index is 0.143. The van der Waals surface area contributed by atoms with Crippen molar-refractivity contribution >= 4 is 23.2 Å². The fourth-order valence-corrected chi connectivity index (χ4v) is 3.02. The summed E-state index contributed by atoms with van der Waals surface area (Å²) in [6.07, 6.45) is 0. The predicted octanol–water partition coefficient (Wildman–Crippen LogP) is 3.64. The number of ether oxygens (including phenoxy) is 2. The number of benzene rings is 2. The zero-order valence-corrected chi connectivity index (χ0v) is 16.9. The number of aliphatic hydroxyl groups is 1. The van der Waals surface area contributed by atoms with Gasteiger partial charge in [-0.2, -0.15) is 0 Å². The van der Waals surface area contributed by atoms with Crippen molar-refractivity contribution in [2.75, 3.05) is 32.8 Å². The molecule has 0 atom stereocenters. The molecular weight excluding hydrogens is 387 g/mol. The van der Waals surface area contributed by atoms with Gasteiger partial charge in [-0.3, -0.25) is 0 Å². The molecule has 2 rings (SSSR count). The maximum atomic E-state index is 8.74. The highest BCUT2D eigenvalue weighted by Crippen LogP contribution is 2.37. The van der Waals surface area contributed by atoms with Gasteiger partial charge < -0.3 is 25.2 Å². The molecule has 0 aromatic heterocycles. The highest BCUT2D eigenvalue weighted by Gasteiger charge is 2.13. The van der Waals surface area contributed by atoms with Crippen molar-refractivity contribution < 1.29 is 14.6 Å². The molecule has 148 valence electrons. The van der Waals surface area contributed by atoms with E-state index in [4.69, 9.17) is 37.8 Å². The maximum absolute atomic E-state index is 8.74. The summed E-state index contributed by atoms with van der Waals surface area (Å²) in [6.45, 7) is 5.77. The van der Waals surface area contributed by atoms with E-state index in [9.17, 15) is 0 Å². The molecule has 0 amide bonds. The predicted molar refractivity (Wildman–Crippen MR) is 110 cm³/mol. The van der Waals surface area contributed by atoms with Crippen LogP contribution in [-0.2, 0) is 13.2 Å². The van der Waals surface area contributed by atoms with E-state index >= 15 is 0 Å². The standard InChI is InChI=1S/C20H26Cl2N2O3/c1-2-26-19-12-16(13-24-7-6-23-8-9-25)11-18(22)20(19)27-14-15-4-3-5-17(21)10-15/h3-5,10-12,23-25H,2,6-9,13-14H2,1H3. The van der Waals surface area contributed by atoms with E-state index in [0.717, 1.165) is 24.2 Å². The van der Waals surface area contributed by atoms with Crippen molar-refractivity contribution in [2.45, 2.75) is 20.1 Å². The molecule has 0 saturated carbocycles. The first-order valence-electron chi connectivity index (χ1n) is 8.98. The Morgan fingerprint density at radius 1 is 0.963 bits per heavy atom. The Kier molecular flexibility index (Phi) is 9.73. The molecule has 7 heteroatoms. The Morgan fingerprint density at radius 3 is 2.52 bits per heavy atom. The summed E-state index contributed by atoms with van der Waals surface area (Å²) in [6, 6.07) is 11.3. The summed E-state index contributed by atoms with van der Waals surface area (Å²) in [5.41, 5.74) is 1.97. The van der Waals surface area contributed by atoms with Crippen LogP contribution in [0.5, 0.6) is 11.5 Å². The summed E-state index contributed by atoms with van der Waals surface area (Å²) in [5.74, 6) is 1.16. The lowest BCUT2D eigenvalue weighted by Gasteiger charge is -2.16. The second-order valence-corrected chi connectivity index (χ2v) is 6.75. The van der Waals surface area contributed by atoms with E-state index in [1.54, 1.807) is 0 Å². The maximum Gasteiger partial charge on any atom is 0.180 e. The van der Waals surface area contributed by atoms with E-state index in [1.165, 1.54) is 0 Å². The van der Waals surface area contributed by atoms with Crippen LogP contribution in [0.25, 0.3) is 0 Å². The van der Waals surface area contributed by atoms with Crippen LogP contribution in [0.3, 0.4) is 0 Å². The monoisotopic (exact) mass is 412 g/mol. The highest BCUT2D eigenvalue weighted by atomic mass is 35.5. The molecule has 3 N–H and O–H groups in total. The summed E-state index contributed by atoms with van der Waals surface area (Å²) in [7, 11) is 0. The number of hydrogen-bond acceptors (Lipinski definition) is 5. The van der Waals surface area contributed by atoms with Crippen molar-refractivity contribution in [3.05, 3.63) is 57.6 Å². The van der Waals surface area contributed by atoms with E-state index < -0.39 is 0 Å². The number of rotatable bonds is 12. The second kappa shape index (κ2) is 12.1. The summed E-state index contributed by atoms with van der Waals surface area (Å²) < 4.78 is 11.6. The Bertz CT molecular complexity index is 714. The fraction of sp³-hybridized carbons (Fsp3) is 0.400. The topological polar surface area (TPSA) is 62.8 Å². The van der Waals surface area contributed by atoms with Gasteiger partial charge in [-0.05, 0) is 42.3 Å². The van der Waals surface area contributed by atoms with Gasteiger partial charge in [0.1, 0.15) is 6.61 Å². The smallest absolute Gasteiger partial charge is 0.180 e. The Labute approximate surface area is 170 Å². The third-order valence-corrected chi connectivity index (χ3v) is 4.25. The third-order valence-electron chi connectivity index (χ3n) is 3.74.